The Balaban J connectivity index is 2.35. The minimum Gasteiger partial charge on any atom is -0.390 e. The second kappa shape index (κ2) is 6.16. The Morgan fingerprint density at radius 2 is 2.26 bits per heavy atom. The summed E-state index contributed by atoms with van der Waals surface area (Å²) in [7, 11) is -4.72. The SMILES string of the molecule is C=C[C@]1(n2cc(C)c(=O)[nH]c2=O)C[C@H](O)[C@@H](COP(=O)(O)O)O1. The zero-order valence-corrected chi connectivity index (χ0v) is 13.1. The first-order valence-electron chi connectivity index (χ1n) is 6.60. The van der Waals surface area contributed by atoms with Crippen LogP contribution in [0.1, 0.15) is 12.0 Å². The maximum atomic E-state index is 12.0. The first kappa shape index (κ1) is 17.8. The van der Waals surface area contributed by atoms with Crippen LogP contribution in [0.2, 0.25) is 0 Å². The molecule has 1 aliphatic heterocycles. The summed E-state index contributed by atoms with van der Waals surface area (Å²) in [5, 5.41) is 10.0. The number of H-pyrrole nitrogens is 1. The zero-order valence-electron chi connectivity index (χ0n) is 12.2. The molecule has 0 radical (unpaired) electrons. The highest BCUT2D eigenvalue weighted by Crippen LogP contribution is 2.40. The third kappa shape index (κ3) is 3.69. The van der Waals surface area contributed by atoms with E-state index >= 15 is 0 Å². The maximum absolute atomic E-state index is 12.0. The van der Waals surface area contributed by atoms with Crippen molar-refractivity contribution in [3.63, 3.8) is 0 Å². The van der Waals surface area contributed by atoms with E-state index in [-0.39, 0.29) is 12.0 Å². The van der Waals surface area contributed by atoms with Gasteiger partial charge in [0.25, 0.3) is 5.56 Å². The van der Waals surface area contributed by atoms with Gasteiger partial charge in [0.05, 0.1) is 12.7 Å². The number of hydrogen-bond donors (Lipinski definition) is 4. The molecule has 0 spiro atoms. The molecule has 2 rings (SSSR count). The molecule has 1 saturated heterocycles. The van der Waals surface area contributed by atoms with E-state index in [2.05, 4.69) is 16.1 Å². The van der Waals surface area contributed by atoms with Gasteiger partial charge in [0, 0.05) is 18.2 Å². The molecule has 0 aliphatic carbocycles. The fraction of sp³-hybridized carbons (Fsp3) is 0.500. The largest absolute Gasteiger partial charge is 0.469 e. The first-order valence-corrected chi connectivity index (χ1v) is 8.13. The number of hydrogen-bond acceptors (Lipinski definition) is 6. The number of aryl methyl sites for hydroxylation is 1. The summed E-state index contributed by atoms with van der Waals surface area (Å²) in [6.45, 7) is 4.50. The Kier molecular flexibility index (Phi) is 4.76. The summed E-state index contributed by atoms with van der Waals surface area (Å²) in [6, 6.07) is 0. The number of phosphoric ester groups is 1. The highest BCUT2D eigenvalue weighted by Gasteiger charge is 2.46. The summed E-state index contributed by atoms with van der Waals surface area (Å²) < 4.78 is 21.7. The fourth-order valence-electron chi connectivity index (χ4n) is 2.37. The lowest BCUT2D eigenvalue weighted by molar-refractivity contribution is -0.0882. The van der Waals surface area contributed by atoms with Gasteiger partial charge in [-0.25, -0.2) is 9.36 Å². The standard InChI is InChI=1S/C12H17N2O8P/c1-3-12(14-5-7(2)10(16)13-11(14)17)4-8(15)9(22-12)6-21-23(18,19)20/h3,5,8-9,15H,1,4,6H2,2H3,(H,13,16,17)(H2,18,19,20)/t8-,9+,12+/m0/s1. The van der Waals surface area contributed by atoms with Gasteiger partial charge in [-0.1, -0.05) is 6.58 Å². The van der Waals surface area contributed by atoms with Crippen molar-refractivity contribution in [3.05, 3.63) is 45.3 Å². The fourth-order valence-corrected chi connectivity index (χ4v) is 2.71. The monoisotopic (exact) mass is 348 g/mol. The lowest BCUT2D eigenvalue weighted by atomic mass is 10.1. The Labute approximate surface area is 130 Å². The van der Waals surface area contributed by atoms with Crippen molar-refractivity contribution in [2.75, 3.05) is 6.61 Å². The number of aromatic nitrogens is 2. The lowest BCUT2D eigenvalue weighted by Gasteiger charge is -2.27. The number of nitrogens with one attached hydrogen (secondary N) is 1. The quantitative estimate of drug-likeness (QED) is 0.388. The molecule has 3 atom stereocenters. The van der Waals surface area contributed by atoms with E-state index in [4.69, 9.17) is 14.5 Å². The first-order chi connectivity index (χ1) is 10.6. The molecule has 0 bridgehead atoms. The number of aromatic amines is 1. The number of phosphoric acid groups is 1. The highest BCUT2D eigenvalue weighted by atomic mass is 31.2. The van der Waals surface area contributed by atoms with Crippen LogP contribution in [0.5, 0.6) is 0 Å². The number of aliphatic hydroxyl groups is 1. The van der Waals surface area contributed by atoms with Gasteiger partial charge in [-0.3, -0.25) is 18.9 Å². The summed E-state index contributed by atoms with van der Waals surface area (Å²) in [5.74, 6) is 0. The van der Waals surface area contributed by atoms with Gasteiger partial charge < -0.3 is 19.6 Å². The molecule has 1 aromatic heterocycles. The molecule has 1 fully saturated rings. The molecule has 11 heteroatoms. The third-order valence-corrected chi connectivity index (χ3v) is 4.03. The van der Waals surface area contributed by atoms with Crippen molar-refractivity contribution in [2.24, 2.45) is 0 Å². The Bertz CT molecular complexity index is 765. The van der Waals surface area contributed by atoms with Gasteiger partial charge in [0.2, 0.25) is 0 Å². The second-order valence-electron chi connectivity index (χ2n) is 5.20. The van der Waals surface area contributed by atoms with E-state index in [1.807, 2.05) is 0 Å². The normalized spacial score (nSPS) is 28.0. The van der Waals surface area contributed by atoms with Crippen molar-refractivity contribution in [3.8, 4) is 0 Å². The lowest BCUT2D eigenvalue weighted by Crippen LogP contribution is -2.43. The molecule has 1 aromatic rings. The molecular formula is C12H17N2O8P. The van der Waals surface area contributed by atoms with E-state index in [0.717, 1.165) is 4.57 Å². The third-order valence-electron chi connectivity index (χ3n) is 3.54. The summed E-state index contributed by atoms with van der Waals surface area (Å²) >= 11 is 0. The van der Waals surface area contributed by atoms with E-state index in [0.29, 0.717) is 0 Å². The van der Waals surface area contributed by atoms with Crippen LogP contribution >= 0.6 is 7.82 Å². The molecule has 0 saturated carbocycles. The minimum atomic E-state index is -4.72. The van der Waals surface area contributed by atoms with Crippen LogP contribution in [-0.4, -0.2) is 43.3 Å². The average molecular weight is 348 g/mol. The smallest absolute Gasteiger partial charge is 0.390 e. The van der Waals surface area contributed by atoms with Crippen molar-refractivity contribution < 1.29 is 28.7 Å². The Morgan fingerprint density at radius 1 is 1.61 bits per heavy atom. The molecular weight excluding hydrogens is 331 g/mol. The van der Waals surface area contributed by atoms with Gasteiger partial charge >= 0.3 is 13.5 Å². The number of ether oxygens (including phenoxy) is 1. The molecule has 23 heavy (non-hydrogen) atoms. The summed E-state index contributed by atoms with van der Waals surface area (Å²) in [4.78, 5) is 43.0. The zero-order chi connectivity index (χ0) is 17.4. The van der Waals surface area contributed by atoms with Gasteiger partial charge in [0.1, 0.15) is 6.10 Å². The molecule has 1 aliphatic rings. The number of rotatable bonds is 5. The molecule has 0 aromatic carbocycles. The van der Waals surface area contributed by atoms with E-state index in [1.165, 1.54) is 19.2 Å². The topological polar surface area (TPSA) is 151 Å². The van der Waals surface area contributed by atoms with Crippen molar-refractivity contribution in [1.82, 2.24) is 9.55 Å². The predicted octanol–water partition coefficient (Wildman–Crippen LogP) is -1.06. The number of nitrogens with zero attached hydrogens (tertiary/aromatic N) is 1. The van der Waals surface area contributed by atoms with E-state index in [1.54, 1.807) is 0 Å². The van der Waals surface area contributed by atoms with Crippen molar-refractivity contribution in [1.29, 1.82) is 0 Å². The predicted molar refractivity (Wildman–Crippen MR) is 77.7 cm³/mol. The van der Waals surface area contributed by atoms with E-state index in [9.17, 15) is 19.3 Å². The van der Waals surface area contributed by atoms with Gasteiger partial charge in [-0.2, -0.15) is 0 Å². The van der Waals surface area contributed by atoms with Crippen LogP contribution in [0.3, 0.4) is 0 Å². The van der Waals surface area contributed by atoms with Crippen molar-refractivity contribution in [2.45, 2.75) is 31.3 Å². The highest BCUT2D eigenvalue weighted by molar-refractivity contribution is 7.46. The van der Waals surface area contributed by atoms with Crippen LogP contribution in [0, 0.1) is 6.92 Å². The molecule has 128 valence electrons. The second-order valence-corrected chi connectivity index (χ2v) is 6.44. The van der Waals surface area contributed by atoms with Crippen LogP contribution in [0.4, 0.5) is 0 Å². The molecule has 0 unspecified atom stereocenters. The van der Waals surface area contributed by atoms with Gasteiger partial charge in [-0.15, -0.1) is 0 Å². The maximum Gasteiger partial charge on any atom is 0.469 e. The van der Waals surface area contributed by atoms with Crippen LogP contribution in [0.15, 0.2) is 28.4 Å². The van der Waals surface area contributed by atoms with Gasteiger partial charge in [0.15, 0.2) is 5.72 Å². The molecule has 0 amide bonds. The van der Waals surface area contributed by atoms with Crippen LogP contribution in [0.25, 0.3) is 0 Å². The average Bonchev–Trinajstić information content (AvgIpc) is 2.77. The molecule has 2 heterocycles. The van der Waals surface area contributed by atoms with Gasteiger partial charge in [-0.05, 0) is 13.0 Å². The minimum absolute atomic E-state index is 0.100. The summed E-state index contributed by atoms with van der Waals surface area (Å²) in [5.41, 5.74) is -2.53. The van der Waals surface area contributed by atoms with Crippen LogP contribution < -0.4 is 11.2 Å². The van der Waals surface area contributed by atoms with E-state index < -0.39 is 43.6 Å². The molecule has 4 N–H and O–H groups in total. The molecule has 10 nitrogen and oxygen atoms in total. The Hall–Kier alpha value is -1.55. The van der Waals surface area contributed by atoms with Crippen LogP contribution in [-0.2, 0) is 19.6 Å². The number of aliphatic hydroxyl groups excluding tert-OH is 1. The van der Waals surface area contributed by atoms with Crippen molar-refractivity contribution >= 4 is 7.82 Å². The Morgan fingerprint density at radius 3 is 2.83 bits per heavy atom. The summed E-state index contributed by atoms with van der Waals surface area (Å²) in [6.07, 6.45) is 0.199.